The first-order valence-electron chi connectivity index (χ1n) is 7.92. The summed E-state index contributed by atoms with van der Waals surface area (Å²) in [5.74, 6) is 1.25. The molecule has 0 aliphatic heterocycles. The molecule has 0 bridgehead atoms. The first-order chi connectivity index (χ1) is 11.0. The largest absolute Gasteiger partial charge is 0.493 e. The van der Waals surface area contributed by atoms with E-state index in [1.54, 1.807) is 26.4 Å². The zero-order valence-corrected chi connectivity index (χ0v) is 14.4. The normalized spacial score (nSPS) is 11.9. The predicted molar refractivity (Wildman–Crippen MR) is 90.0 cm³/mol. The quantitative estimate of drug-likeness (QED) is 0.610. The van der Waals surface area contributed by atoms with Gasteiger partial charge in [-0.05, 0) is 50.8 Å². The van der Waals surface area contributed by atoms with Gasteiger partial charge in [0.05, 0.1) is 20.3 Å². The van der Waals surface area contributed by atoms with Gasteiger partial charge in [0.25, 0.3) is 0 Å². The average molecular weight is 324 g/mol. The second kappa shape index (κ2) is 9.94. The van der Waals surface area contributed by atoms with Gasteiger partial charge in [0.1, 0.15) is 0 Å². The van der Waals surface area contributed by atoms with Gasteiger partial charge in [0.15, 0.2) is 11.5 Å². The third kappa shape index (κ3) is 6.78. The lowest BCUT2D eigenvalue weighted by Gasteiger charge is -2.14. The lowest BCUT2D eigenvalue weighted by atomic mass is 10.0. The summed E-state index contributed by atoms with van der Waals surface area (Å²) in [5.41, 5.74) is 0.799. The van der Waals surface area contributed by atoms with E-state index >= 15 is 0 Å². The molecule has 0 aromatic heterocycles. The molecule has 0 fully saturated rings. The molecule has 3 N–H and O–H groups in total. The fraction of sp³-hybridized carbons (Fsp3) is 0.588. The van der Waals surface area contributed by atoms with Crippen molar-refractivity contribution in [2.75, 3.05) is 20.8 Å². The Hall–Kier alpha value is -1.95. The van der Waals surface area contributed by atoms with Gasteiger partial charge in [-0.15, -0.1) is 0 Å². The number of rotatable bonds is 9. The summed E-state index contributed by atoms with van der Waals surface area (Å²) in [7, 11) is 3.15. The number of methoxy groups -OCH3 is 2. The number of ether oxygens (including phenoxy) is 2. The highest BCUT2D eigenvalue weighted by atomic mass is 16.5. The first-order valence-corrected chi connectivity index (χ1v) is 7.92. The number of aliphatic hydroxyl groups is 1. The summed E-state index contributed by atoms with van der Waals surface area (Å²) in [6, 6.07) is 5.38. The molecule has 0 aliphatic rings. The first kappa shape index (κ1) is 19.1. The summed E-state index contributed by atoms with van der Waals surface area (Å²) >= 11 is 0. The Bertz CT molecular complexity index is 491. The molecule has 6 heteroatoms. The predicted octanol–water partition coefficient (Wildman–Crippen LogP) is 2.62. The summed E-state index contributed by atoms with van der Waals surface area (Å²) in [5, 5.41) is 15.8. The lowest BCUT2D eigenvalue weighted by Crippen LogP contribution is -2.39. The van der Waals surface area contributed by atoms with E-state index in [1.165, 1.54) is 0 Å². The molecule has 1 aromatic carbocycles. The highest BCUT2D eigenvalue weighted by molar-refractivity contribution is 5.73. The van der Waals surface area contributed by atoms with E-state index in [4.69, 9.17) is 9.47 Å². The van der Waals surface area contributed by atoms with E-state index in [0.717, 1.165) is 18.4 Å². The minimum atomic E-state index is -0.556. The summed E-state index contributed by atoms with van der Waals surface area (Å²) in [6.45, 7) is 4.43. The van der Waals surface area contributed by atoms with Crippen LogP contribution in [0.15, 0.2) is 18.2 Å². The molecule has 1 rings (SSSR count). The third-order valence-corrected chi connectivity index (χ3v) is 3.40. The summed E-state index contributed by atoms with van der Waals surface area (Å²) in [4.78, 5) is 11.4. The van der Waals surface area contributed by atoms with Gasteiger partial charge in [0.2, 0.25) is 0 Å². The second-order valence-corrected chi connectivity index (χ2v) is 5.68. The molecule has 0 spiro atoms. The van der Waals surface area contributed by atoms with Gasteiger partial charge in [-0.25, -0.2) is 4.79 Å². The van der Waals surface area contributed by atoms with Crippen molar-refractivity contribution in [2.45, 2.75) is 45.3 Å². The molecule has 1 aromatic rings. The number of urea groups is 1. The SMILES string of the molecule is COc1ccc(C(O)CCCCNC(=O)NC(C)C)cc1OC. The molecule has 1 unspecified atom stereocenters. The van der Waals surface area contributed by atoms with Crippen molar-refractivity contribution in [3.8, 4) is 11.5 Å². The number of carbonyl (C=O) groups is 1. The Balaban J connectivity index is 2.34. The van der Waals surface area contributed by atoms with E-state index in [2.05, 4.69) is 10.6 Å². The number of aliphatic hydroxyl groups excluding tert-OH is 1. The number of unbranched alkanes of at least 4 members (excludes halogenated alkanes) is 1. The molecule has 0 saturated heterocycles. The molecule has 23 heavy (non-hydrogen) atoms. The van der Waals surface area contributed by atoms with Crippen LogP contribution in [0.1, 0.15) is 44.8 Å². The molecule has 0 saturated carbocycles. The number of nitrogens with one attached hydrogen (secondary N) is 2. The Morgan fingerprint density at radius 2 is 1.87 bits per heavy atom. The van der Waals surface area contributed by atoms with Gasteiger partial charge in [-0.1, -0.05) is 6.07 Å². The molecule has 130 valence electrons. The van der Waals surface area contributed by atoms with E-state index in [1.807, 2.05) is 19.9 Å². The van der Waals surface area contributed by atoms with Crippen LogP contribution in [0.5, 0.6) is 11.5 Å². The van der Waals surface area contributed by atoms with Crippen molar-refractivity contribution in [2.24, 2.45) is 0 Å². The molecule has 0 heterocycles. The van der Waals surface area contributed by atoms with Crippen LogP contribution in [0.3, 0.4) is 0 Å². The van der Waals surface area contributed by atoms with Crippen LogP contribution >= 0.6 is 0 Å². The number of carbonyl (C=O) groups excluding carboxylic acids is 1. The van der Waals surface area contributed by atoms with Crippen LogP contribution in [-0.2, 0) is 0 Å². The van der Waals surface area contributed by atoms with Crippen LogP contribution < -0.4 is 20.1 Å². The van der Waals surface area contributed by atoms with Crippen LogP contribution in [0, 0.1) is 0 Å². The van der Waals surface area contributed by atoms with Gasteiger partial charge in [0, 0.05) is 12.6 Å². The Morgan fingerprint density at radius 3 is 2.48 bits per heavy atom. The fourth-order valence-corrected chi connectivity index (χ4v) is 2.20. The van der Waals surface area contributed by atoms with Crippen LogP contribution in [0.4, 0.5) is 4.79 Å². The Labute approximate surface area is 138 Å². The van der Waals surface area contributed by atoms with Crippen molar-refractivity contribution < 1.29 is 19.4 Å². The van der Waals surface area contributed by atoms with Crippen LogP contribution in [0.25, 0.3) is 0 Å². The zero-order valence-electron chi connectivity index (χ0n) is 14.4. The maximum Gasteiger partial charge on any atom is 0.314 e. The summed E-state index contributed by atoms with van der Waals surface area (Å²) in [6.07, 6.45) is 1.70. The van der Waals surface area contributed by atoms with Gasteiger partial charge in [-0.2, -0.15) is 0 Å². The lowest BCUT2D eigenvalue weighted by molar-refractivity contribution is 0.163. The minimum absolute atomic E-state index is 0.127. The number of benzene rings is 1. The van der Waals surface area contributed by atoms with Crippen LogP contribution in [0.2, 0.25) is 0 Å². The second-order valence-electron chi connectivity index (χ2n) is 5.68. The monoisotopic (exact) mass is 324 g/mol. The van der Waals surface area contributed by atoms with Crippen molar-refractivity contribution in [1.82, 2.24) is 10.6 Å². The molecular weight excluding hydrogens is 296 g/mol. The maximum absolute atomic E-state index is 11.4. The van der Waals surface area contributed by atoms with E-state index < -0.39 is 6.10 Å². The van der Waals surface area contributed by atoms with E-state index in [-0.39, 0.29) is 12.1 Å². The van der Waals surface area contributed by atoms with Crippen molar-refractivity contribution in [1.29, 1.82) is 0 Å². The molecule has 0 radical (unpaired) electrons. The number of hydrogen-bond acceptors (Lipinski definition) is 4. The van der Waals surface area contributed by atoms with Crippen molar-refractivity contribution in [3.05, 3.63) is 23.8 Å². The van der Waals surface area contributed by atoms with Gasteiger partial charge >= 0.3 is 6.03 Å². The van der Waals surface area contributed by atoms with Crippen LogP contribution in [-0.4, -0.2) is 37.9 Å². The van der Waals surface area contributed by atoms with Gasteiger partial charge in [-0.3, -0.25) is 0 Å². The zero-order chi connectivity index (χ0) is 17.2. The fourth-order valence-electron chi connectivity index (χ4n) is 2.20. The molecule has 6 nitrogen and oxygen atoms in total. The smallest absolute Gasteiger partial charge is 0.314 e. The third-order valence-electron chi connectivity index (χ3n) is 3.40. The van der Waals surface area contributed by atoms with E-state index in [0.29, 0.717) is 24.5 Å². The Morgan fingerprint density at radius 1 is 1.17 bits per heavy atom. The molecular formula is C17H28N2O4. The standard InChI is InChI=1S/C17H28N2O4/c1-12(2)19-17(21)18-10-6-5-7-14(20)13-8-9-15(22-3)16(11-13)23-4/h8-9,11-12,14,20H,5-7,10H2,1-4H3,(H2,18,19,21). The molecule has 0 aliphatic carbocycles. The highest BCUT2D eigenvalue weighted by Gasteiger charge is 2.11. The minimum Gasteiger partial charge on any atom is -0.493 e. The number of hydrogen-bond donors (Lipinski definition) is 3. The topological polar surface area (TPSA) is 79.8 Å². The average Bonchev–Trinajstić information content (AvgIpc) is 2.52. The maximum atomic E-state index is 11.4. The van der Waals surface area contributed by atoms with Crippen molar-refractivity contribution in [3.63, 3.8) is 0 Å². The molecule has 1 atom stereocenters. The highest BCUT2D eigenvalue weighted by Crippen LogP contribution is 2.31. The Kier molecular flexibility index (Phi) is 8.26. The van der Waals surface area contributed by atoms with Gasteiger partial charge < -0.3 is 25.2 Å². The number of amides is 2. The van der Waals surface area contributed by atoms with Crippen molar-refractivity contribution >= 4 is 6.03 Å². The van der Waals surface area contributed by atoms with E-state index in [9.17, 15) is 9.90 Å². The molecule has 2 amide bonds. The summed E-state index contributed by atoms with van der Waals surface area (Å²) < 4.78 is 10.4.